The van der Waals surface area contributed by atoms with E-state index in [0.717, 1.165) is 15.8 Å². The van der Waals surface area contributed by atoms with Crippen LogP contribution in [0.4, 0.5) is 13.2 Å². The number of Topliss-reactive ketones (excluding diaryl/α,β-unsaturated/α-hetero) is 1. The zero-order chi connectivity index (χ0) is 19.1. The third-order valence-corrected chi connectivity index (χ3v) is 5.80. The lowest BCUT2D eigenvalue weighted by Crippen LogP contribution is -2.66. The fourth-order valence-corrected chi connectivity index (χ4v) is 4.29. The molecule has 2 aromatic rings. The first-order valence-electron chi connectivity index (χ1n) is 7.34. The van der Waals surface area contributed by atoms with Gasteiger partial charge in [0.05, 0.1) is 10.9 Å². The van der Waals surface area contributed by atoms with Gasteiger partial charge in [0.15, 0.2) is 10.8 Å². The van der Waals surface area contributed by atoms with Crippen molar-refractivity contribution in [3.8, 4) is 0 Å². The molecule has 0 radical (unpaired) electrons. The number of benzene rings is 1. The quantitative estimate of drug-likeness (QED) is 0.605. The maximum absolute atomic E-state index is 13.3. The van der Waals surface area contributed by atoms with Gasteiger partial charge < -0.3 is 15.7 Å². The molecule has 0 bridgehead atoms. The van der Waals surface area contributed by atoms with Crippen molar-refractivity contribution in [3.63, 3.8) is 0 Å². The number of carbonyl (C=O) groups excluding carboxylic acids is 1. The topological polar surface area (TPSA) is 61.4 Å². The molecule has 1 aromatic heterocycles. The van der Waals surface area contributed by atoms with E-state index in [0.29, 0.717) is 5.56 Å². The van der Waals surface area contributed by atoms with Crippen LogP contribution in [0.25, 0.3) is 0 Å². The van der Waals surface area contributed by atoms with Crippen molar-refractivity contribution in [2.75, 3.05) is 0 Å². The minimum atomic E-state index is -5.12. The maximum atomic E-state index is 13.3. The average molecular weight is 465 g/mol. The van der Waals surface area contributed by atoms with Gasteiger partial charge in [-0.1, -0.05) is 34.1 Å². The average Bonchev–Trinajstić information content (AvgIpc) is 3.08. The van der Waals surface area contributed by atoms with Crippen LogP contribution in [-0.2, 0) is 10.5 Å². The molecule has 0 aliphatic carbocycles. The summed E-state index contributed by atoms with van der Waals surface area (Å²) in [5, 5.41) is 17.8. The first-order chi connectivity index (χ1) is 12.1. The summed E-state index contributed by atoms with van der Waals surface area (Å²) in [7, 11) is 0. The number of thiocarbonyl (C=S) groups is 1. The molecule has 0 spiro atoms. The van der Waals surface area contributed by atoms with E-state index < -0.39 is 29.6 Å². The molecule has 1 fully saturated rings. The Balaban J connectivity index is 2.16. The number of thiophene rings is 1. The molecule has 1 aliphatic heterocycles. The predicted molar refractivity (Wildman–Crippen MR) is 98.5 cm³/mol. The minimum Gasteiger partial charge on any atom is -0.366 e. The molecule has 3 atom stereocenters. The largest absolute Gasteiger partial charge is 0.450 e. The normalized spacial score (nSPS) is 26.1. The Morgan fingerprint density at radius 2 is 1.92 bits per heavy atom. The third kappa shape index (κ3) is 3.51. The number of alkyl halides is 3. The summed E-state index contributed by atoms with van der Waals surface area (Å²) in [5.74, 6) is -3.90. The van der Waals surface area contributed by atoms with Gasteiger partial charge in [-0.05, 0) is 41.4 Å². The molecule has 0 unspecified atom stereocenters. The Morgan fingerprint density at radius 1 is 1.27 bits per heavy atom. The van der Waals surface area contributed by atoms with E-state index in [2.05, 4.69) is 26.6 Å². The van der Waals surface area contributed by atoms with Crippen molar-refractivity contribution in [1.82, 2.24) is 10.6 Å². The van der Waals surface area contributed by atoms with E-state index in [1.807, 2.05) is 0 Å². The van der Waals surface area contributed by atoms with Crippen LogP contribution < -0.4 is 10.6 Å². The first kappa shape index (κ1) is 19.3. The van der Waals surface area contributed by atoms with Crippen molar-refractivity contribution in [2.24, 2.45) is 5.92 Å². The van der Waals surface area contributed by atoms with Crippen LogP contribution in [0.2, 0.25) is 0 Å². The zero-order valence-electron chi connectivity index (χ0n) is 12.9. The number of aliphatic hydroxyl groups is 1. The summed E-state index contributed by atoms with van der Waals surface area (Å²) in [6.07, 6.45) is -5.12. The molecule has 1 saturated heterocycles. The zero-order valence-corrected chi connectivity index (χ0v) is 16.1. The highest BCUT2D eigenvalue weighted by Gasteiger charge is 2.59. The highest BCUT2D eigenvalue weighted by molar-refractivity contribution is 9.10. The van der Waals surface area contributed by atoms with Gasteiger partial charge in [-0.2, -0.15) is 13.2 Å². The van der Waals surface area contributed by atoms with Crippen LogP contribution in [0.15, 0.2) is 46.3 Å². The lowest BCUT2D eigenvalue weighted by atomic mass is 9.78. The molecule has 4 nitrogen and oxygen atoms in total. The Morgan fingerprint density at radius 3 is 2.46 bits per heavy atom. The molecule has 26 heavy (non-hydrogen) atoms. The molecule has 1 aliphatic rings. The van der Waals surface area contributed by atoms with Crippen LogP contribution in [-0.4, -0.2) is 22.2 Å². The molecular weight excluding hydrogens is 453 g/mol. The van der Waals surface area contributed by atoms with Gasteiger partial charge in [0.2, 0.25) is 5.78 Å². The SMILES string of the molecule is O=C([C@@H]1[C@@H](c2ccc(Br)cc2)NC(=S)N[C@]1(O)c1cccs1)C(F)(F)F. The van der Waals surface area contributed by atoms with Crippen molar-refractivity contribution in [1.29, 1.82) is 0 Å². The van der Waals surface area contributed by atoms with Crippen molar-refractivity contribution >= 4 is 50.4 Å². The smallest absolute Gasteiger partial charge is 0.366 e. The van der Waals surface area contributed by atoms with Gasteiger partial charge in [-0.3, -0.25) is 4.79 Å². The van der Waals surface area contributed by atoms with Crippen LogP contribution in [0.5, 0.6) is 0 Å². The van der Waals surface area contributed by atoms with E-state index in [1.165, 1.54) is 6.07 Å². The molecule has 0 saturated carbocycles. The van der Waals surface area contributed by atoms with Gasteiger partial charge in [0, 0.05) is 4.47 Å². The molecule has 138 valence electrons. The van der Waals surface area contributed by atoms with Gasteiger partial charge in [0.1, 0.15) is 5.92 Å². The van der Waals surface area contributed by atoms with Gasteiger partial charge >= 0.3 is 6.18 Å². The third-order valence-electron chi connectivity index (χ3n) is 4.06. The van der Waals surface area contributed by atoms with Crippen molar-refractivity contribution < 1.29 is 23.1 Å². The van der Waals surface area contributed by atoms with Crippen LogP contribution in [0.3, 0.4) is 0 Å². The number of halogens is 4. The van der Waals surface area contributed by atoms with Crippen LogP contribution >= 0.6 is 39.5 Å². The molecule has 1 aromatic carbocycles. The molecule has 3 N–H and O–H groups in total. The summed E-state index contributed by atoms with van der Waals surface area (Å²) in [4.78, 5) is 12.4. The van der Waals surface area contributed by atoms with Crippen LogP contribution in [0, 0.1) is 5.92 Å². The Hall–Kier alpha value is -1.49. The van der Waals surface area contributed by atoms with E-state index in [-0.39, 0.29) is 9.99 Å². The number of carbonyl (C=O) groups is 1. The van der Waals surface area contributed by atoms with E-state index in [9.17, 15) is 23.1 Å². The Bertz CT molecular complexity index is 827. The summed E-state index contributed by atoms with van der Waals surface area (Å²) in [6.45, 7) is 0. The number of ketones is 1. The molecule has 0 amide bonds. The Kier molecular flexibility index (Phi) is 5.13. The summed E-state index contributed by atoms with van der Waals surface area (Å²) >= 11 is 9.38. The summed E-state index contributed by atoms with van der Waals surface area (Å²) in [6, 6.07) is 8.30. The lowest BCUT2D eigenvalue weighted by molar-refractivity contribution is -0.189. The number of hydrogen-bond acceptors (Lipinski definition) is 4. The van der Waals surface area contributed by atoms with Gasteiger partial charge in [-0.25, -0.2) is 0 Å². The van der Waals surface area contributed by atoms with E-state index in [4.69, 9.17) is 12.2 Å². The van der Waals surface area contributed by atoms with Crippen molar-refractivity contribution in [3.05, 3.63) is 56.7 Å². The highest BCUT2D eigenvalue weighted by atomic mass is 79.9. The number of rotatable bonds is 3. The number of hydrogen-bond donors (Lipinski definition) is 3. The fourth-order valence-electron chi connectivity index (χ4n) is 2.93. The predicted octanol–water partition coefficient (Wildman–Crippen LogP) is 3.62. The fraction of sp³-hybridized carbons (Fsp3) is 0.250. The van der Waals surface area contributed by atoms with Gasteiger partial charge in [0.25, 0.3) is 0 Å². The van der Waals surface area contributed by atoms with Gasteiger partial charge in [-0.15, -0.1) is 11.3 Å². The van der Waals surface area contributed by atoms with E-state index >= 15 is 0 Å². The summed E-state index contributed by atoms with van der Waals surface area (Å²) < 4.78 is 40.7. The molecule has 2 heterocycles. The highest BCUT2D eigenvalue weighted by Crippen LogP contribution is 2.44. The second kappa shape index (κ2) is 6.91. The lowest BCUT2D eigenvalue weighted by Gasteiger charge is -2.45. The van der Waals surface area contributed by atoms with E-state index in [1.54, 1.807) is 35.7 Å². The second-order valence-electron chi connectivity index (χ2n) is 5.71. The first-order valence-corrected chi connectivity index (χ1v) is 9.42. The minimum absolute atomic E-state index is 0.0416. The standard InChI is InChI=1S/C16H12BrF3N2O2S2/c17-9-5-3-8(4-6-9)12-11(13(23)16(18,19)20)15(24,22-14(25)21-12)10-2-1-7-26-10/h1-7,11-12,24H,(H2,21,22,25)/t11-,12+,15-/m0/s1. The summed E-state index contributed by atoms with van der Waals surface area (Å²) in [5.41, 5.74) is -1.88. The molecular formula is C16H12BrF3N2O2S2. The maximum Gasteiger partial charge on any atom is 0.450 e. The molecule has 10 heteroatoms. The second-order valence-corrected chi connectivity index (χ2v) is 7.98. The monoisotopic (exact) mass is 464 g/mol. The Labute approximate surface area is 164 Å². The number of nitrogens with one attached hydrogen (secondary N) is 2. The molecule has 3 rings (SSSR count). The van der Waals surface area contributed by atoms with Crippen LogP contribution in [0.1, 0.15) is 16.5 Å². The van der Waals surface area contributed by atoms with Crippen molar-refractivity contribution in [2.45, 2.75) is 17.9 Å².